The average Bonchev–Trinajstić information content (AvgIpc) is 2.99. The predicted octanol–water partition coefficient (Wildman–Crippen LogP) is 3.46. The minimum absolute atomic E-state index is 0.0464. The van der Waals surface area contributed by atoms with Gasteiger partial charge in [-0.2, -0.15) is 0 Å². The number of carbonyl (C=O) groups is 2. The zero-order valence-electron chi connectivity index (χ0n) is 14.5. The van der Waals surface area contributed by atoms with E-state index in [1.807, 2.05) is 30.5 Å². The maximum absolute atomic E-state index is 12.6. The molecule has 1 aliphatic carbocycles. The molecule has 3 rings (SSSR count). The summed E-state index contributed by atoms with van der Waals surface area (Å²) in [6, 6.07) is 8.23. The summed E-state index contributed by atoms with van der Waals surface area (Å²) in [7, 11) is 0. The van der Waals surface area contributed by atoms with Gasteiger partial charge < -0.3 is 10.2 Å². The molecule has 1 saturated heterocycles. The van der Waals surface area contributed by atoms with Crippen molar-refractivity contribution in [3.8, 4) is 0 Å². The zero-order chi connectivity index (χ0) is 17.1. The molecule has 130 valence electrons. The van der Waals surface area contributed by atoms with Crippen molar-refractivity contribution in [2.45, 2.75) is 50.0 Å². The van der Waals surface area contributed by atoms with Crippen molar-refractivity contribution < 1.29 is 9.59 Å². The Kier molecular flexibility index (Phi) is 5.49. The third-order valence-corrected chi connectivity index (χ3v) is 6.03. The molecule has 1 heterocycles. The van der Waals surface area contributed by atoms with Gasteiger partial charge >= 0.3 is 0 Å². The summed E-state index contributed by atoms with van der Waals surface area (Å²) < 4.78 is 0. The number of anilines is 1. The number of hydrogen-bond donors (Lipinski definition) is 1. The van der Waals surface area contributed by atoms with Crippen LogP contribution in [0.15, 0.2) is 29.2 Å². The van der Waals surface area contributed by atoms with E-state index in [0.29, 0.717) is 18.9 Å². The molecular weight excluding hydrogens is 320 g/mol. The molecule has 0 aromatic heterocycles. The second kappa shape index (κ2) is 7.60. The lowest BCUT2D eigenvalue weighted by Gasteiger charge is -2.30. The van der Waals surface area contributed by atoms with E-state index in [0.717, 1.165) is 17.0 Å². The normalized spacial score (nSPS) is 27.3. The molecule has 1 aromatic carbocycles. The number of nitrogens with zero attached hydrogens (tertiary/aromatic N) is 1. The number of carbonyl (C=O) groups excluding carboxylic acids is 2. The second-order valence-electron chi connectivity index (χ2n) is 6.98. The molecular formula is C19H26N2O2S. The lowest BCUT2D eigenvalue weighted by atomic mass is 9.85. The molecule has 0 spiro atoms. The van der Waals surface area contributed by atoms with E-state index in [4.69, 9.17) is 0 Å². The fraction of sp³-hybridized carbons (Fsp3) is 0.579. The van der Waals surface area contributed by atoms with Crippen molar-refractivity contribution in [3.63, 3.8) is 0 Å². The number of nitrogens with one attached hydrogen (secondary N) is 1. The third kappa shape index (κ3) is 3.77. The maximum atomic E-state index is 12.6. The maximum Gasteiger partial charge on any atom is 0.227 e. The quantitative estimate of drug-likeness (QED) is 0.850. The van der Waals surface area contributed by atoms with Crippen LogP contribution < -0.4 is 10.2 Å². The lowest BCUT2D eigenvalue weighted by molar-refractivity contribution is -0.127. The van der Waals surface area contributed by atoms with Crippen LogP contribution >= 0.6 is 11.8 Å². The molecule has 0 radical (unpaired) electrons. The van der Waals surface area contributed by atoms with Gasteiger partial charge in [-0.15, -0.1) is 11.8 Å². The van der Waals surface area contributed by atoms with Gasteiger partial charge in [-0.3, -0.25) is 9.59 Å². The molecule has 2 fully saturated rings. The molecule has 1 saturated carbocycles. The zero-order valence-corrected chi connectivity index (χ0v) is 15.3. The highest BCUT2D eigenvalue weighted by Crippen LogP contribution is 2.29. The number of benzene rings is 1. The van der Waals surface area contributed by atoms with Crippen molar-refractivity contribution in [2.24, 2.45) is 11.8 Å². The summed E-state index contributed by atoms with van der Waals surface area (Å²) >= 11 is 1.66. The van der Waals surface area contributed by atoms with Gasteiger partial charge in [0.1, 0.15) is 0 Å². The van der Waals surface area contributed by atoms with Crippen molar-refractivity contribution in [1.29, 1.82) is 0 Å². The Bertz CT molecular complexity index is 619. The third-order valence-electron chi connectivity index (χ3n) is 5.30. The fourth-order valence-electron chi connectivity index (χ4n) is 3.74. The first-order valence-electron chi connectivity index (χ1n) is 8.83. The molecule has 3 unspecified atom stereocenters. The predicted molar refractivity (Wildman–Crippen MR) is 98.2 cm³/mol. The SMILES string of the molecule is CSc1cccc(N2CC(C(=O)NC3CCCCC3C)CC2=O)c1. The molecule has 4 nitrogen and oxygen atoms in total. The van der Waals surface area contributed by atoms with Crippen LogP contribution in [0.4, 0.5) is 5.69 Å². The Hall–Kier alpha value is -1.49. The van der Waals surface area contributed by atoms with E-state index < -0.39 is 0 Å². The summed E-state index contributed by atoms with van der Waals surface area (Å²) in [5.41, 5.74) is 0.896. The largest absolute Gasteiger partial charge is 0.353 e. The molecule has 2 aliphatic rings. The Labute approximate surface area is 148 Å². The van der Waals surface area contributed by atoms with Crippen molar-refractivity contribution in [3.05, 3.63) is 24.3 Å². The van der Waals surface area contributed by atoms with E-state index in [1.54, 1.807) is 16.7 Å². The molecule has 0 bridgehead atoms. The van der Waals surface area contributed by atoms with Gasteiger partial charge in [-0.05, 0) is 43.2 Å². The first kappa shape index (κ1) is 17.3. The molecule has 1 N–H and O–H groups in total. The Morgan fingerprint density at radius 2 is 2.08 bits per heavy atom. The molecule has 3 atom stereocenters. The van der Waals surface area contributed by atoms with Crippen LogP contribution in [0.25, 0.3) is 0 Å². The Morgan fingerprint density at radius 3 is 2.83 bits per heavy atom. The topological polar surface area (TPSA) is 49.4 Å². The van der Waals surface area contributed by atoms with Gasteiger partial charge in [0.2, 0.25) is 11.8 Å². The van der Waals surface area contributed by atoms with Crippen LogP contribution in [0.2, 0.25) is 0 Å². The first-order chi connectivity index (χ1) is 11.6. The summed E-state index contributed by atoms with van der Waals surface area (Å²) in [5.74, 6) is 0.398. The number of hydrogen-bond acceptors (Lipinski definition) is 3. The second-order valence-corrected chi connectivity index (χ2v) is 7.86. The van der Waals surface area contributed by atoms with E-state index in [9.17, 15) is 9.59 Å². The van der Waals surface area contributed by atoms with E-state index in [1.165, 1.54) is 19.3 Å². The Balaban J connectivity index is 1.64. The van der Waals surface area contributed by atoms with Crippen molar-refractivity contribution >= 4 is 29.3 Å². The van der Waals surface area contributed by atoms with Gasteiger partial charge in [-0.1, -0.05) is 25.8 Å². The number of rotatable bonds is 4. The lowest BCUT2D eigenvalue weighted by Crippen LogP contribution is -2.44. The van der Waals surface area contributed by atoms with Gasteiger partial charge in [0, 0.05) is 29.6 Å². The molecule has 5 heteroatoms. The summed E-state index contributed by atoms with van der Waals surface area (Å²) in [6.07, 6.45) is 7.03. The van der Waals surface area contributed by atoms with Gasteiger partial charge in [0.15, 0.2) is 0 Å². The van der Waals surface area contributed by atoms with Crippen molar-refractivity contribution in [1.82, 2.24) is 5.32 Å². The monoisotopic (exact) mass is 346 g/mol. The summed E-state index contributed by atoms with van der Waals surface area (Å²) in [4.78, 5) is 27.9. The van der Waals surface area contributed by atoms with E-state index in [2.05, 4.69) is 12.2 Å². The molecule has 2 amide bonds. The minimum atomic E-state index is -0.232. The number of thioether (sulfide) groups is 1. The van der Waals surface area contributed by atoms with Crippen LogP contribution in [0.3, 0.4) is 0 Å². The number of amides is 2. The Morgan fingerprint density at radius 1 is 1.29 bits per heavy atom. The highest BCUT2D eigenvalue weighted by molar-refractivity contribution is 7.98. The van der Waals surface area contributed by atoms with Crippen LogP contribution in [0.5, 0.6) is 0 Å². The highest BCUT2D eigenvalue weighted by atomic mass is 32.2. The van der Waals surface area contributed by atoms with Gasteiger partial charge in [0.05, 0.1) is 5.92 Å². The smallest absolute Gasteiger partial charge is 0.227 e. The van der Waals surface area contributed by atoms with Crippen LogP contribution in [0, 0.1) is 11.8 Å². The highest BCUT2D eigenvalue weighted by Gasteiger charge is 2.36. The average molecular weight is 346 g/mol. The van der Waals surface area contributed by atoms with Crippen LogP contribution in [-0.2, 0) is 9.59 Å². The van der Waals surface area contributed by atoms with Gasteiger partial charge in [-0.25, -0.2) is 0 Å². The summed E-state index contributed by atoms with van der Waals surface area (Å²) in [6.45, 7) is 2.70. The molecule has 1 aromatic rings. The van der Waals surface area contributed by atoms with E-state index >= 15 is 0 Å². The van der Waals surface area contributed by atoms with Crippen LogP contribution in [0.1, 0.15) is 39.0 Å². The molecule has 24 heavy (non-hydrogen) atoms. The summed E-state index contributed by atoms with van der Waals surface area (Å²) in [5, 5.41) is 3.20. The molecule has 1 aliphatic heterocycles. The minimum Gasteiger partial charge on any atom is -0.353 e. The van der Waals surface area contributed by atoms with Crippen molar-refractivity contribution in [2.75, 3.05) is 17.7 Å². The van der Waals surface area contributed by atoms with Gasteiger partial charge in [0.25, 0.3) is 0 Å². The fourth-order valence-corrected chi connectivity index (χ4v) is 4.20. The standard InChI is InChI=1S/C19H26N2O2S/c1-13-6-3-4-9-17(13)20-19(23)14-10-18(22)21(12-14)15-7-5-8-16(11-15)24-2/h5,7-8,11,13-14,17H,3-4,6,9-10,12H2,1-2H3,(H,20,23). The van der Waals surface area contributed by atoms with E-state index in [-0.39, 0.29) is 23.8 Å². The first-order valence-corrected chi connectivity index (χ1v) is 10.1. The van der Waals surface area contributed by atoms with Crippen LogP contribution in [-0.4, -0.2) is 30.7 Å².